The van der Waals surface area contributed by atoms with Crippen molar-refractivity contribution < 1.29 is 51.0 Å². The molecule has 0 aromatic rings. The standard InChI is InChI=1S/C15H15NSi.2ClH.Zr/c1-17(2)10-14-15(11-6-3-4-7-11)12-8-5-9-13(12)16-14;;;/h3-11H,1-2H3;2*1H;/q;;;+2/p-2. The smallest absolute Gasteiger partial charge is 1.00 e. The summed E-state index contributed by atoms with van der Waals surface area (Å²) in [6.45, 7) is 4.60. The molecule has 0 fully saturated rings. The van der Waals surface area contributed by atoms with Crippen LogP contribution in [0.2, 0.25) is 13.1 Å². The van der Waals surface area contributed by atoms with Crippen LogP contribution in [0.25, 0.3) is 0 Å². The molecule has 0 unspecified atom stereocenters. The number of allylic oxidation sites excluding steroid dienone is 8. The van der Waals surface area contributed by atoms with Gasteiger partial charge in [0.1, 0.15) is 0 Å². The summed E-state index contributed by atoms with van der Waals surface area (Å²) in [7, 11) is -0.399. The minimum absolute atomic E-state index is 0. The Morgan fingerprint density at radius 3 is 2.35 bits per heavy atom. The van der Waals surface area contributed by atoms with Gasteiger partial charge >= 0.3 is 26.2 Å². The van der Waals surface area contributed by atoms with Gasteiger partial charge in [-0.2, -0.15) is 0 Å². The van der Waals surface area contributed by atoms with Gasteiger partial charge < -0.3 is 24.8 Å². The van der Waals surface area contributed by atoms with Gasteiger partial charge in [0.25, 0.3) is 0 Å². The summed E-state index contributed by atoms with van der Waals surface area (Å²) in [4.78, 5) is 4.76. The molecule has 3 rings (SSSR count). The molecule has 5 heteroatoms. The number of halogens is 2. The zero-order valence-corrected chi connectivity index (χ0v) is 16.4. The third kappa shape index (κ3) is 3.76. The van der Waals surface area contributed by atoms with Crippen LogP contribution in [0.4, 0.5) is 0 Å². The Hall–Kier alpha value is -0.0800. The maximum Gasteiger partial charge on any atom is 2.00 e. The maximum atomic E-state index is 4.76. The van der Waals surface area contributed by atoms with Gasteiger partial charge in [-0.3, -0.25) is 0 Å². The normalized spacial score (nSPS) is 17.9. The van der Waals surface area contributed by atoms with E-state index < -0.39 is 8.41 Å². The summed E-state index contributed by atoms with van der Waals surface area (Å²) in [5.41, 5.74) is 7.42. The molecular formula is C15H15Cl2NSiZr. The van der Waals surface area contributed by atoms with E-state index in [-0.39, 0.29) is 51.0 Å². The predicted octanol–water partition coefficient (Wildman–Crippen LogP) is -2.92. The van der Waals surface area contributed by atoms with E-state index in [9.17, 15) is 0 Å². The molecule has 0 saturated carbocycles. The Kier molecular flexibility index (Phi) is 8.35. The van der Waals surface area contributed by atoms with Crippen molar-refractivity contribution in [3.63, 3.8) is 0 Å². The van der Waals surface area contributed by atoms with Crippen molar-refractivity contribution >= 4 is 19.8 Å². The second-order valence-electron chi connectivity index (χ2n) is 4.75. The third-order valence-electron chi connectivity index (χ3n) is 3.11. The molecule has 20 heavy (non-hydrogen) atoms. The molecular weight excluding hydrogens is 384 g/mol. The molecule has 0 amide bonds. The monoisotopic (exact) mass is 397 g/mol. The van der Waals surface area contributed by atoms with E-state index in [1.165, 1.54) is 16.9 Å². The summed E-state index contributed by atoms with van der Waals surface area (Å²) in [5, 5.41) is 0. The predicted molar refractivity (Wildman–Crippen MR) is 77.0 cm³/mol. The summed E-state index contributed by atoms with van der Waals surface area (Å²) in [6.07, 6.45) is 15.1. The van der Waals surface area contributed by atoms with E-state index in [2.05, 4.69) is 61.3 Å². The molecule has 1 nitrogen and oxygen atoms in total. The molecule has 0 aromatic carbocycles. The molecule has 1 aliphatic heterocycles. The quantitative estimate of drug-likeness (QED) is 0.441. The first-order chi connectivity index (χ1) is 8.25. The number of fused-ring (bicyclic) bond motifs is 1. The number of hydrogen-bond acceptors (Lipinski definition) is 1. The van der Waals surface area contributed by atoms with Crippen molar-refractivity contribution in [2.45, 2.75) is 13.1 Å². The SMILES string of the molecule is C[Si](C)=CC1=NC2=CC=CC2=C1C1C=CC=C1.[Cl-].[Cl-].[Zr+2]. The number of hydrogen-bond donors (Lipinski definition) is 0. The number of aliphatic imine (C=N–C) groups is 1. The van der Waals surface area contributed by atoms with Crippen LogP contribution < -0.4 is 24.8 Å². The zero-order chi connectivity index (χ0) is 11.8. The summed E-state index contributed by atoms with van der Waals surface area (Å²) in [5.74, 6) is 0.412. The maximum absolute atomic E-state index is 4.76. The molecule has 0 bridgehead atoms. The van der Waals surface area contributed by atoms with E-state index in [1.54, 1.807) is 0 Å². The fourth-order valence-electron chi connectivity index (χ4n) is 2.42. The first kappa shape index (κ1) is 19.9. The van der Waals surface area contributed by atoms with Gasteiger partial charge in [0, 0.05) is 19.9 Å². The zero-order valence-electron chi connectivity index (χ0n) is 11.4. The molecule has 1 heterocycles. The second-order valence-corrected chi connectivity index (χ2v) is 7.20. The molecule has 0 N–H and O–H groups in total. The van der Waals surface area contributed by atoms with Gasteiger partial charge in [0.2, 0.25) is 0 Å². The molecule has 0 atom stereocenters. The fraction of sp³-hybridized carbons (Fsp3) is 0.200. The van der Waals surface area contributed by atoms with Crippen LogP contribution >= 0.6 is 0 Å². The Morgan fingerprint density at radius 1 is 1.10 bits per heavy atom. The van der Waals surface area contributed by atoms with Gasteiger partial charge in [0.05, 0.1) is 11.4 Å². The van der Waals surface area contributed by atoms with Crippen LogP contribution in [0.1, 0.15) is 0 Å². The minimum atomic E-state index is -0.399. The van der Waals surface area contributed by atoms with Crippen LogP contribution in [-0.2, 0) is 26.2 Å². The minimum Gasteiger partial charge on any atom is -1.00 e. The topological polar surface area (TPSA) is 12.4 Å². The van der Waals surface area contributed by atoms with E-state index in [1.807, 2.05) is 0 Å². The summed E-state index contributed by atoms with van der Waals surface area (Å²) >= 11 is 0. The number of nitrogens with zero attached hydrogens (tertiary/aromatic N) is 1. The molecule has 0 aromatic heterocycles. The van der Waals surface area contributed by atoms with Crippen molar-refractivity contribution in [1.29, 1.82) is 0 Å². The summed E-state index contributed by atoms with van der Waals surface area (Å²) < 4.78 is 0. The molecule has 3 aliphatic rings. The Morgan fingerprint density at radius 2 is 1.75 bits per heavy atom. The Bertz CT molecular complexity index is 579. The molecule has 2 aliphatic carbocycles. The van der Waals surface area contributed by atoms with Crippen LogP contribution in [0.15, 0.2) is 64.4 Å². The van der Waals surface area contributed by atoms with E-state index in [0.29, 0.717) is 5.92 Å². The Balaban J connectivity index is 0.00000120. The van der Waals surface area contributed by atoms with Gasteiger partial charge in [-0.1, -0.05) is 55.2 Å². The van der Waals surface area contributed by atoms with Crippen molar-refractivity contribution in [2.75, 3.05) is 0 Å². The first-order valence-electron chi connectivity index (χ1n) is 5.97. The van der Waals surface area contributed by atoms with Gasteiger partial charge in [-0.15, -0.1) is 0 Å². The van der Waals surface area contributed by atoms with Crippen molar-refractivity contribution in [3.8, 4) is 0 Å². The van der Waals surface area contributed by atoms with Crippen LogP contribution in [0.3, 0.4) is 0 Å². The third-order valence-corrected chi connectivity index (χ3v) is 3.96. The largest absolute Gasteiger partial charge is 2.00 e. The average molecular weight is 400 g/mol. The second kappa shape index (κ2) is 8.38. The van der Waals surface area contributed by atoms with E-state index in [0.717, 1.165) is 5.70 Å². The van der Waals surface area contributed by atoms with Crippen LogP contribution in [-0.4, -0.2) is 19.8 Å². The van der Waals surface area contributed by atoms with Crippen molar-refractivity contribution in [3.05, 3.63) is 59.4 Å². The van der Waals surface area contributed by atoms with Gasteiger partial charge in [-0.05, 0) is 11.6 Å². The molecule has 0 saturated heterocycles. The molecule has 0 spiro atoms. The van der Waals surface area contributed by atoms with E-state index >= 15 is 0 Å². The van der Waals surface area contributed by atoms with Crippen molar-refractivity contribution in [1.82, 2.24) is 0 Å². The molecule has 102 valence electrons. The van der Waals surface area contributed by atoms with Crippen LogP contribution in [0.5, 0.6) is 0 Å². The fourth-order valence-corrected chi connectivity index (χ4v) is 3.19. The Labute approximate surface area is 153 Å². The van der Waals surface area contributed by atoms with E-state index in [4.69, 9.17) is 4.99 Å². The first-order valence-corrected chi connectivity index (χ1v) is 8.55. The number of rotatable bonds is 2. The van der Waals surface area contributed by atoms with Crippen molar-refractivity contribution in [2.24, 2.45) is 10.9 Å². The van der Waals surface area contributed by atoms with Gasteiger partial charge in [-0.25, -0.2) is 4.99 Å². The average Bonchev–Trinajstić information content (AvgIpc) is 2.90. The van der Waals surface area contributed by atoms with Crippen LogP contribution in [0, 0.1) is 5.92 Å². The molecule has 0 radical (unpaired) electrons. The summed E-state index contributed by atoms with van der Waals surface area (Å²) in [6, 6.07) is 0. The van der Waals surface area contributed by atoms with Gasteiger partial charge in [0.15, 0.2) is 0 Å².